The number of fused-ring (bicyclic) bond motifs is 3. The normalized spacial score (nSPS) is 19.4. The molecule has 3 heterocycles. The number of ether oxygens (including phenoxy) is 1. The van der Waals surface area contributed by atoms with E-state index in [-0.39, 0.29) is 30.5 Å². The minimum atomic E-state index is -3.72. The van der Waals surface area contributed by atoms with Crippen LogP contribution in [-0.4, -0.2) is 66.4 Å². The Balaban J connectivity index is 1.78. The van der Waals surface area contributed by atoms with Crippen LogP contribution in [-0.2, 0) is 21.3 Å². The fourth-order valence-electron chi connectivity index (χ4n) is 3.93. The van der Waals surface area contributed by atoms with Crippen molar-refractivity contribution >= 4 is 15.9 Å². The molecule has 0 spiro atoms. The molecule has 0 unspecified atom stereocenters. The second-order valence-electron chi connectivity index (χ2n) is 7.68. The maximum atomic E-state index is 13.3. The lowest BCUT2D eigenvalue weighted by Crippen LogP contribution is -2.39. The van der Waals surface area contributed by atoms with Crippen molar-refractivity contribution in [1.82, 2.24) is 18.8 Å². The van der Waals surface area contributed by atoms with E-state index in [9.17, 15) is 13.2 Å². The molecule has 1 saturated heterocycles. The van der Waals surface area contributed by atoms with E-state index in [4.69, 9.17) is 4.74 Å². The van der Waals surface area contributed by atoms with Crippen LogP contribution >= 0.6 is 0 Å². The predicted octanol–water partition coefficient (Wildman–Crippen LogP) is 1.90. The molecule has 29 heavy (non-hydrogen) atoms. The molecule has 0 radical (unpaired) electrons. The molecule has 1 aromatic heterocycles. The zero-order chi connectivity index (χ0) is 20.6. The number of imidazole rings is 1. The summed E-state index contributed by atoms with van der Waals surface area (Å²) in [5, 5.41) is 0. The second-order valence-corrected chi connectivity index (χ2v) is 9.59. The van der Waals surface area contributed by atoms with Crippen LogP contribution in [0.5, 0.6) is 0 Å². The van der Waals surface area contributed by atoms with Crippen LogP contribution < -0.4 is 0 Å². The SMILES string of the molecule is COCCN1Cc2c(C(=O)N3CCC(C)CC3)ncn2-c2ccccc2S1(=O)=O. The van der Waals surface area contributed by atoms with Crippen LogP contribution in [0.3, 0.4) is 0 Å². The Bertz CT molecular complexity index is 1010. The topological polar surface area (TPSA) is 84.7 Å². The quantitative estimate of drug-likeness (QED) is 0.757. The highest BCUT2D eigenvalue weighted by atomic mass is 32.2. The molecule has 2 aromatic rings. The van der Waals surface area contributed by atoms with E-state index in [1.54, 1.807) is 35.2 Å². The van der Waals surface area contributed by atoms with Crippen LogP contribution in [0.2, 0.25) is 0 Å². The number of piperidine rings is 1. The van der Waals surface area contributed by atoms with Crippen molar-refractivity contribution in [2.24, 2.45) is 5.92 Å². The van der Waals surface area contributed by atoms with Gasteiger partial charge in [-0.3, -0.25) is 9.36 Å². The molecule has 1 fully saturated rings. The number of carbonyl (C=O) groups excluding carboxylic acids is 1. The average molecular weight is 419 g/mol. The zero-order valence-corrected chi connectivity index (χ0v) is 17.6. The molecule has 8 nitrogen and oxygen atoms in total. The fraction of sp³-hybridized carbons (Fsp3) is 0.500. The number of carbonyl (C=O) groups is 1. The molecule has 4 rings (SSSR count). The van der Waals surface area contributed by atoms with Crippen molar-refractivity contribution in [2.45, 2.75) is 31.2 Å². The van der Waals surface area contributed by atoms with Crippen molar-refractivity contribution in [3.63, 3.8) is 0 Å². The number of sulfonamides is 1. The smallest absolute Gasteiger partial charge is 0.274 e. The lowest BCUT2D eigenvalue weighted by atomic mass is 9.99. The van der Waals surface area contributed by atoms with E-state index < -0.39 is 10.0 Å². The van der Waals surface area contributed by atoms with E-state index in [0.717, 1.165) is 12.8 Å². The van der Waals surface area contributed by atoms with Crippen molar-refractivity contribution < 1.29 is 17.9 Å². The first-order valence-corrected chi connectivity index (χ1v) is 11.3. The van der Waals surface area contributed by atoms with Gasteiger partial charge in [-0.25, -0.2) is 13.4 Å². The van der Waals surface area contributed by atoms with Gasteiger partial charge in [0.15, 0.2) is 5.69 Å². The number of hydrogen-bond acceptors (Lipinski definition) is 5. The van der Waals surface area contributed by atoms with Crippen molar-refractivity contribution in [3.8, 4) is 5.69 Å². The van der Waals surface area contributed by atoms with Gasteiger partial charge in [0.05, 0.1) is 24.5 Å². The first-order valence-electron chi connectivity index (χ1n) is 9.87. The lowest BCUT2D eigenvalue weighted by Gasteiger charge is -2.30. The first kappa shape index (κ1) is 20.1. The van der Waals surface area contributed by atoms with Gasteiger partial charge in [-0.1, -0.05) is 19.1 Å². The van der Waals surface area contributed by atoms with Gasteiger partial charge in [-0.05, 0) is 30.9 Å². The van der Waals surface area contributed by atoms with Crippen LogP contribution in [0, 0.1) is 5.92 Å². The Morgan fingerprint density at radius 1 is 1.24 bits per heavy atom. The van der Waals surface area contributed by atoms with E-state index in [1.807, 2.05) is 4.90 Å². The summed E-state index contributed by atoms with van der Waals surface area (Å²) in [7, 11) is -2.19. The van der Waals surface area contributed by atoms with E-state index >= 15 is 0 Å². The Morgan fingerprint density at radius 2 is 1.97 bits per heavy atom. The molecule has 2 aliphatic rings. The molecular weight excluding hydrogens is 392 g/mol. The van der Waals surface area contributed by atoms with Gasteiger partial charge in [0, 0.05) is 26.7 Å². The van der Waals surface area contributed by atoms with Crippen LogP contribution in [0.15, 0.2) is 35.5 Å². The summed E-state index contributed by atoms with van der Waals surface area (Å²) >= 11 is 0. The van der Waals surface area contributed by atoms with Gasteiger partial charge in [0.2, 0.25) is 10.0 Å². The molecule has 0 aliphatic carbocycles. The van der Waals surface area contributed by atoms with E-state index in [2.05, 4.69) is 11.9 Å². The van der Waals surface area contributed by atoms with Gasteiger partial charge < -0.3 is 9.64 Å². The number of aromatic nitrogens is 2. The largest absolute Gasteiger partial charge is 0.383 e. The number of para-hydroxylation sites is 1. The Morgan fingerprint density at radius 3 is 2.69 bits per heavy atom. The van der Waals surface area contributed by atoms with Crippen molar-refractivity contribution in [1.29, 1.82) is 0 Å². The molecule has 0 bridgehead atoms. The summed E-state index contributed by atoms with van der Waals surface area (Å²) in [5.74, 6) is 0.480. The number of hydrogen-bond donors (Lipinski definition) is 0. The molecule has 156 valence electrons. The number of nitrogens with zero attached hydrogens (tertiary/aromatic N) is 4. The molecular formula is C20H26N4O4S. The summed E-state index contributed by atoms with van der Waals surface area (Å²) < 4.78 is 34.7. The Hall–Kier alpha value is -2.23. The number of benzene rings is 1. The van der Waals surface area contributed by atoms with Gasteiger partial charge >= 0.3 is 0 Å². The lowest BCUT2D eigenvalue weighted by molar-refractivity contribution is 0.0689. The van der Waals surface area contributed by atoms with E-state index in [1.165, 1.54) is 11.4 Å². The Kier molecular flexibility index (Phi) is 5.46. The van der Waals surface area contributed by atoms with Gasteiger partial charge in [0.25, 0.3) is 5.91 Å². The highest BCUT2D eigenvalue weighted by Crippen LogP contribution is 2.31. The molecule has 0 N–H and O–H groups in total. The molecule has 9 heteroatoms. The highest BCUT2D eigenvalue weighted by Gasteiger charge is 2.35. The molecule has 2 aliphatic heterocycles. The first-order chi connectivity index (χ1) is 13.9. The van der Waals surface area contributed by atoms with Crippen LogP contribution in [0.25, 0.3) is 5.69 Å². The summed E-state index contributed by atoms with van der Waals surface area (Å²) in [4.78, 5) is 19.7. The number of likely N-dealkylation sites (tertiary alicyclic amines) is 1. The monoisotopic (exact) mass is 418 g/mol. The molecule has 1 aromatic carbocycles. The number of amides is 1. The van der Waals surface area contributed by atoms with Gasteiger partial charge in [0.1, 0.15) is 11.2 Å². The minimum Gasteiger partial charge on any atom is -0.383 e. The minimum absolute atomic E-state index is 0.0751. The highest BCUT2D eigenvalue weighted by molar-refractivity contribution is 7.89. The number of methoxy groups -OCH3 is 1. The molecule has 0 saturated carbocycles. The van der Waals surface area contributed by atoms with Crippen molar-refractivity contribution in [2.75, 3.05) is 33.4 Å². The summed E-state index contributed by atoms with van der Waals surface area (Å²) in [6.45, 7) is 4.14. The summed E-state index contributed by atoms with van der Waals surface area (Å²) in [6.07, 6.45) is 3.50. The predicted molar refractivity (Wildman–Crippen MR) is 107 cm³/mol. The third-order valence-corrected chi connectivity index (χ3v) is 7.65. The summed E-state index contributed by atoms with van der Waals surface area (Å²) in [5.41, 5.74) is 1.44. The van der Waals surface area contributed by atoms with E-state index in [0.29, 0.717) is 36.1 Å². The fourth-order valence-corrected chi connectivity index (χ4v) is 5.50. The molecule has 1 amide bonds. The third kappa shape index (κ3) is 3.58. The molecule has 0 atom stereocenters. The maximum absolute atomic E-state index is 13.3. The van der Waals surface area contributed by atoms with Crippen LogP contribution in [0.1, 0.15) is 35.9 Å². The third-order valence-electron chi connectivity index (χ3n) is 5.75. The zero-order valence-electron chi connectivity index (χ0n) is 16.7. The van der Waals surface area contributed by atoms with Gasteiger partial charge in [-0.2, -0.15) is 4.31 Å². The van der Waals surface area contributed by atoms with Crippen LogP contribution in [0.4, 0.5) is 0 Å². The van der Waals surface area contributed by atoms with Crippen molar-refractivity contribution in [3.05, 3.63) is 42.0 Å². The standard InChI is InChI=1S/C20H26N4O4S/c1-15-7-9-22(10-8-15)20(25)19-17-13-23(11-12-28-2)29(26,27)18-6-4-3-5-16(18)24(17)14-21-19/h3-6,14-15H,7-13H2,1-2H3. The second kappa shape index (κ2) is 7.89. The number of rotatable bonds is 4. The maximum Gasteiger partial charge on any atom is 0.274 e. The summed E-state index contributed by atoms with van der Waals surface area (Å²) in [6, 6.07) is 6.83. The van der Waals surface area contributed by atoms with Gasteiger partial charge in [-0.15, -0.1) is 0 Å². The Labute approximate surface area is 171 Å². The average Bonchev–Trinajstić information content (AvgIpc) is 3.10.